The van der Waals surface area contributed by atoms with Gasteiger partial charge in [0.05, 0.1) is 13.2 Å². The summed E-state index contributed by atoms with van der Waals surface area (Å²) in [6.07, 6.45) is 0.253. The number of hydrogen-bond acceptors (Lipinski definition) is 3. The summed E-state index contributed by atoms with van der Waals surface area (Å²) in [4.78, 5) is 11.9. The summed E-state index contributed by atoms with van der Waals surface area (Å²) in [5.74, 6) is 0.761. The van der Waals surface area contributed by atoms with Crippen molar-refractivity contribution in [3.8, 4) is 5.75 Å². The largest absolute Gasteiger partial charge is 0.497 e. The average Bonchev–Trinajstić information content (AvgIpc) is 2.37. The van der Waals surface area contributed by atoms with Crippen LogP contribution in [0.3, 0.4) is 0 Å². The van der Waals surface area contributed by atoms with Crippen LogP contribution in [0.15, 0.2) is 18.2 Å². The van der Waals surface area contributed by atoms with Crippen LogP contribution in [0.25, 0.3) is 0 Å². The van der Waals surface area contributed by atoms with Crippen molar-refractivity contribution in [2.24, 2.45) is 5.41 Å². The molecule has 3 N–H and O–H groups in total. The molecule has 0 aliphatic carbocycles. The van der Waals surface area contributed by atoms with Crippen LogP contribution in [0.4, 0.5) is 10.5 Å². The van der Waals surface area contributed by atoms with Gasteiger partial charge in [0.15, 0.2) is 0 Å². The molecule has 0 spiro atoms. The molecule has 2 amide bonds. The number of aliphatic hydroxyl groups is 1. The van der Waals surface area contributed by atoms with E-state index >= 15 is 0 Å². The van der Waals surface area contributed by atoms with Gasteiger partial charge in [-0.1, -0.05) is 13.8 Å². The lowest BCUT2D eigenvalue weighted by Crippen LogP contribution is -2.38. The fourth-order valence-electron chi connectivity index (χ4n) is 2.26. The van der Waals surface area contributed by atoms with Crippen molar-refractivity contribution in [1.82, 2.24) is 5.32 Å². The van der Waals surface area contributed by atoms with Crippen LogP contribution in [0.2, 0.25) is 0 Å². The molecular formula is C16H26N2O3. The summed E-state index contributed by atoms with van der Waals surface area (Å²) in [6.45, 7) is 8.19. The maximum atomic E-state index is 11.9. The Morgan fingerprint density at radius 1 is 1.43 bits per heavy atom. The Balaban J connectivity index is 2.54. The predicted molar refractivity (Wildman–Crippen MR) is 84.8 cm³/mol. The molecule has 5 heteroatoms. The molecular weight excluding hydrogens is 268 g/mol. The van der Waals surface area contributed by atoms with Gasteiger partial charge in [0.2, 0.25) is 0 Å². The molecule has 0 aliphatic heterocycles. The Hall–Kier alpha value is -1.75. The zero-order valence-corrected chi connectivity index (χ0v) is 13.5. The van der Waals surface area contributed by atoms with E-state index in [1.165, 1.54) is 0 Å². The standard InChI is InChI=1S/C16H26N2O3/c1-11-8-13(21-5)6-7-14(11)18-15(20)17-10-16(3,4)9-12(2)19/h6-8,12,19H,9-10H2,1-5H3,(H2,17,18,20). The van der Waals surface area contributed by atoms with Crippen molar-refractivity contribution >= 4 is 11.7 Å². The quantitative estimate of drug-likeness (QED) is 0.755. The monoisotopic (exact) mass is 294 g/mol. The van der Waals surface area contributed by atoms with Crippen molar-refractivity contribution < 1.29 is 14.6 Å². The first kappa shape index (κ1) is 17.3. The van der Waals surface area contributed by atoms with Gasteiger partial charge in [-0.05, 0) is 49.4 Å². The first-order valence-electron chi connectivity index (χ1n) is 7.11. The summed E-state index contributed by atoms with van der Waals surface area (Å²) in [6, 6.07) is 5.24. The molecule has 21 heavy (non-hydrogen) atoms. The highest BCUT2D eigenvalue weighted by atomic mass is 16.5. The second-order valence-electron chi connectivity index (χ2n) is 6.21. The molecule has 118 valence electrons. The Kier molecular flexibility index (Phi) is 6.03. The molecule has 0 aliphatic rings. The average molecular weight is 294 g/mol. The van der Waals surface area contributed by atoms with E-state index in [0.29, 0.717) is 13.0 Å². The minimum Gasteiger partial charge on any atom is -0.497 e. The van der Waals surface area contributed by atoms with Crippen LogP contribution < -0.4 is 15.4 Å². The SMILES string of the molecule is COc1ccc(NC(=O)NCC(C)(C)CC(C)O)c(C)c1. The van der Waals surface area contributed by atoms with Crippen molar-refractivity contribution in [2.75, 3.05) is 19.0 Å². The van der Waals surface area contributed by atoms with E-state index in [1.807, 2.05) is 32.9 Å². The summed E-state index contributed by atoms with van der Waals surface area (Å²) in [5.41, 5.74) is 1.54. The third kappa shape index (κ3) is 6.04. The number of aryl methyl sites for hydroxylation is 1. The lowest BCUT2D eigenvalue weighted by molar-refractivity contribution is 0.129. The number of carbonyl (C=O) groups excluding carboxylic acids is 1. The molecule has 1 unspecified atom stereocenters. The smallest absolute Gasteiger partial charge is 0.319 e. The van der Waals surface area contributed by atoms with Gasteiger partial charge in [0, 0.05) is 12.2 Å². The van der Waals surface area contributed by atoms with Crippen LogP contribution in [0.5, 0.6) is 5.75 Å². The summed E-state index contributed by atoms with van der Waals surface area (Å²) in [7, 11) is 1.61. The molecule has 1 aromatic carbocycles. The van der Waals surface area contributed by atoms with E-state index in [1.54, 1.807) is 20.1 Å². The minimum atomic E-state index is -0.381. The van der Waals surface area contributed by atoms with Gasteiger partial charge in [-0.25, -0.2) is 4.79 Å². The number of carbonyl (C=O) groups is 1. The molecule has 0 bridgehead atoms. The van der Waals surface area contributed by atoms with E-state index in [0.717, 1.165) is 17.0 Å². The Morgan fingerprint density at radius 3 is 2.62 bits per heavy atom. The molecule has 1 atom stereocenters. The number of amides is 2. The van der Waals surface area contributed by atoms with Gasteiger partial charge in [-0.3, -0.25) is 0 Å². The number of aliphatic hydroxyl groups excluding tert-OH is 1. The van der Waals surface area contributed by atoms with Gasteiger partial charge < -0.3 is 20.5 Å². The van der Waals surface area contributed by atoms with Crippen molar-refractivity contribution in [1.29, 1.82) is 0 Å². The molecule has 0 saturated heterocycles. The van der Waals surface area contributed by atoms with Crippen molar-refractivity contribution in [3.05, 3.63) is 23.8 Å². The minimum absolute atomic E-state index is 0.152. The van der Waals surface area contributed by atoms with Crippen LogP contribution in [-0.2, 0) is 0 Å². The summed E-state index contributed by atoms with van der Waals surface area (Å²) in [5, 5.41) is 15.1. The fraction of sp³-hybridized carbons (Fsp3) is 0.562. The Morgan fingerprint density at radius 2 is 2.10 bits per heavy atom. The predicted octanol–water partition coefficient (Wildman–Crippen LogP) is 2.92. The highest BCUT2D eigenvalue weighted by molar-refractivity contribution is 5.90. The number of rotatable bonds is 6. The third-order valence-corrected chi connectivity index (χ3v) is 3.26. The van der Waals surface area contributed by atoms with Crippen molar-refractivity contribution in [2.45, 2.75) is 40.2 Å². The highest BCUT2D eigenvalue weighted by Gasteiger charge is 2.21. The number of nitrogens with one attached hydrogen (secondary N) is 2. The second-order valence-corrected chi connectivity index (χ2v) is 6.21. The van der Waals surface area contributed by atoms with Crippen molar-refractivity contribution in [3.63, 3.8) is 0 Å². The van der Waals surface area contributed by atoms with Crippen LogP contribution in [0, 0.1) is 12.3 Å². The molecule has 1 rings (SSSR count). The molecule has 0 saturated carbocycles. The maximum absolute atomic E-state index is 11.9. The molecule has 1 aromatic rings. The molecule has 5 nitrogen and oxygen atoms in total. The molecule has 0 radical (unpaired) electrons. The first-order chi connectivity index (χ1) is 9.73. The number of urea groups is 1. The summed E-state index contributed by atoms with van der Waals surface area (Å²) < 4.78 is 5.13. The van der Waals surface area contributed by atoms with Gasteiger partial charge in [-0.2, -0.15) is 0 Å². The highest BCUT2D eigenvalue weighted by Crippen LogP contribution is 2.22. The maximum Gasteiger partial charge on any atom is 0.319 e. The van der Waals surface area contributed by atoms with Gasteiger partial charge >= 0.3 is 6.03 Å². The van der Waals surface area contributed by atoms with Gasteiger partial charge in [0.25, 0.3) is 0 Å². The molecule has 0 aromatic heterocycles. The Labute approximate surface area is 126 Å². The molecule has 0 fully saturated rings. The van der Waals surface area contributed by atoms with Gasteiger partial charge in [-0.15, -0.1) is 0 Å². The van der Waals surface area contributed by atoms with E-state index in [4.69, 9.17) is 4.74 Å². The lowest BCUT2D eigenvalue weighted by Gasteiger charge is -2.26. The number of hydrogen-bond donors (Lipinski definition) is 3. The second kappa shape index (κ2) is 7.31. The molecule has 0 heterocycles. The van der Waals surface area contributed by atoms with E-state index in [2.05, 4.69) is 10.6 Å². The van der Waals surface area contributed by atoms with Crippen LogP contribution in [0.1, 0.15) is 32.8 Å². The van der Waals surface area contributed by atoms with E-state index in [9.17, 15) is 9.90 Å². The number of benzene rings is 1. The normalized spacial score (nSPS) is 12.7. The lowest BCUT2D eigenvalue weighted by atomic mass is 9.87. The van der Waals surface area contributed by atoms with E-state index in [-0.39, 0.29) is 17.6 Å². The number of methoxy groups -OCH3 is 1. The van der Waals surface area contributed by atoms with E-state index < -0.39 is 0 Å². The number of anilines is 1. The van der Waals surface area contributed by atoms with Gasteiger partial charge in [0.1, 0.15) is 5.75 Å². The topological polar surface area (TPSA) is 70.6 Å². The zero-order valence-electron chi connectivity index (χ0n) is 13.5. The van der Waals surface area contributed by atoms with Crippen LogP contribution in [-0.4, -0.2) is 30.9 Å². The summed E-state index contributed by atoms with van der Waals surface area (Å²) >= 11 is 0. The van der Waals surface area contributed by atoms with Crippen LogP contribution >= 0.6 is 0 Å². The third-order valence-electron chi connectivity index (χ3n) is 3.26. The first-order valence-corrected chi connectivity index (χ1v) is 7.11. The zero-order chi connectivity index (χ0) is 16.0. The number of ether oxygens (including phenoxy) is 1. The fourth-order valence-corrected chi connectivity index (χ4v) is 2.26. The Bertz CT molecular complexity index is 484.